The highest BCUT2D eigenvalue weighted by molar-refractivity contribution is 7.00. The van der Waals surface area contributed by atoms with Crippen molar-refractivity contribution in [1.82, 2.24) is 0 Å². The molecule has 5 nitrogen and oxygen atoms in total. The van der Waals surface area contributed by atoms with Crippen LogP contribution in [0.1, 0.15) is 5.56 Å². The Morgan fingerprint density at radius 1 is 0.488 bits per heavy atom. The van der Waals surface area contributed by atoms with Crippen LogP contribution < -0.4 is 40.2 Å². The number of nitrogens with zero attached hydrogens (tertiary/aromatic N) is 1. The van der Waals surface area contributed by atoms with E-state index in [0.717, 1.165) is 67.8 Å². The second-order valence-electron chi connectivity index (χ2n) is 11.0. The molecule has 0 fully saturated rings. The number of ether oxygens (including phenoxy) is 4. The number of anilines is 3. The van der Waals surface area contributed by atoms with Crippen LogP contribution in [0.4, 0.5) is 17.1 Å². The average Bonchev–Trinajstić information content (AvgIpc) is 3.02. The summed E-state index contributed by atoms with van der Waals surface area (Å²) in [6.45, 7) is 2.04. The van der Waals surface area contributed by atoms with Gasteiger partial charge in [-0.25, -0.2) is 0 Å². The van der Waals surface area contributed by atoms with Crippen molar-refractivity contribution < 1.29 is 18.9 Å². The standard InChI is InChI=1S/C37H24BNO4/c1-23-17-29-35-31(18-23)42-33-21-28(41-26-15-9-4-10-16-26)22-34-37(33)38(35)36-30(39(29)24-11-5-2-6-12-24)19-27(20-32(36)43-34)40-25-13-7-3-8-14-25/h2-22H,1H3. The number of hydrogen-bond donors (Lipinski definition) is 0. The molecule has 0 aliphatic carbocycles. The molecule has 6 heteroatoms. The molecule has 6 aromatic carbocycles. The minimum absolute atomic E-state index is 0.0698. The van der Waals surface area contributed by atoms with Gasteiger partial charge in [0.2, 0.25) is 0 Å². The van der Waals surface area contributed by atoms with Gasteiger partial charge in [0, 0.05) is 46.8 Å². The Balaban J connectivity index is 1.29. The zero-order valence-corrected chi connectivity index (χ0v) is 23.3. The van der Waals surface area contributed by atoms with E-state index in [2.05, 4.69) is 54.3 Å². The van der Waals surface area contributed by atoms with Gasteiger partial charge in [0.25, 0.3) is 6.71 Å². The Morgan fingerprint density at radius 2 is 0.953 bits per heavy atom. The molecule has 3 heterocycles. The molecule has 3 aliphatic heterocycles. The Hall–Kier alpha value is -5.62. The van der Waals surface area contributed by atoms with Crippen molar-refractivity contribution >= 4 is 40.2 Å². The highest BCUT2D eigenvalue weighted by Crippen LogP contribution is 2.48. The summed E-state index contributed by atoms with van der Waals surface area (Å²) in [5.74, 6) is 5.92. The first kappa shape index (κ1) is 24.0. The average molecular weight is 557 g/mol. The summed E-state index contributed by atoms with van der Waals surface area (Å²) in [6, 6.07) is 42.5. The van der Waals surface area contributed by atoms with E-state index in [4.69, 9.17) is 18.9 Å². The van der Waals surface area contributed by atoms with E-state index in [9.17, 15) is 0 Å². The molecular weight excluding hydrogens is 533 g/mol. The molecule has 204 valence electrons. The molecular formula is C37H24BNO4. The van der Waals surface area contributed by atoms with Crippen LogP contribution >= 0.6 is 0 Å². The van der Waals surface area contributed by atoms with Gasteiger partial charge in [-0.05, 0) is 71.9 Å². The molecule has 0 saturated carbocycles. The van der Waals surface area contributed by atoms with Gasteiger partial charge in [0.15, 0.2) is 0 Å². The van der Waals surface area contributed by atoms with Crippen LogP contribution in [0.2, 0.25) is 0 Å². The van der Waals surface area contributed by atoms with Crippen LogP contribution in [-0.2, 0) is 0 Å². The minimum atomic E-state index is -0.0698. The third kappa shape index (κ3) is 3.80. The van der Waals surface area contributed by atoms with Crippen LogP contribution in [-0.4, -0.2) is 6.71 Å². The summed E-state index contributed by atoms with van der Waals surface area (Å²) < 4.78 is 26.1. The molecule has 0 atom stereocenters. The molecule has 6 aromatic rings. The second-order valence-corrected chi connectivity index (χ2v) is 11.0. The first-order chi connectivity index (χ1) is 21.2. The lowest BCUT2D eigenvalue weighted by Gasteiger charge is -2.43. The maximum absolute atomic E-state index is 6.75. The van der Waals surface area contributed by atoms with E-state index >= 15 is 0 Å². The third-order valence-electron chi connectivity index (χ3n) is 8.20. The van der Waals surface area contributed by atoms with Crippen molar-refractivity contribution in [2.45, 2.75) is 6.92 Å². The van der Waals surface area contributed by atoms with Crippen molar-refractivity contribution in [1.29, 1.82) is 0 Å². The second kappa shape index (κ2) is 9.20. The predicted octanol–water partition coefficient (Wildman–Crippen LogP) is 8.09. The van der Waals surface area contributed by atoms with E-state index in [0.29, 0.717) is 17.2 Å². The highest BCUT2D eigenvalue weighted by Gasteiger charge is 2.48. The largest absolute Gasteiger partial charge is 0.458 e. The van der Waals surface area contributed by atoms with E-state index in [-0.39, 0.29) is 6.71 Å². The van der Waals surface area contributed by atoms with Gasteiger partial charge >= 0.3 is 0 Å². The first-order valence-corrected chi connectivity index (χ1v) is 14.4. The Kier molecular flexibility index (Phi) is 5.14. The fourth-order valence-electron chi connectivity index (χ4n) is 6.50. The molecule has 0 bridgehead atoms. The summed E-state index contributed by atoms with van der Waals surface area (Å²) in [5.41, 5.74) is 7.51. The summed E-state index contributed by atoms with van der Waals surface area (Å²) in [7, 11) is 0. The van der Waals surface area contributed by atoms with Gasteiger partial charge in [-0.1, -0.05) is 54.6 Å². The quantitative estimate of drug-likeness (QED) is 0.200. The highest BCUT2D eigenvalue weighted by atomic mass is 16.5. The van der Waals surface area contributed by atoms with Crippen LogP contribution in [0.5, 0.6) is 46.0 Å². The van der Waals surface area contributed by atoms with Crippen LogP contribution in [0, 0.1) is 6.92 Å². The number of aryl methyl sites for hydroxylation is 1. The molecule has 0 amide bonds. The van der Waals surface area contributed by atoms with Gasteiger partial charge in [-0.3, -0.25) is 0 Å². The van der Waals surface area contributed by atoms with Gasteiger partial charge in [0.05, 0.1) is 0 Å². The van der Waals surface area contributed by atoms with Crippen LogP contribution in [0.25, 0.3) is 0 Å². The van der Waals surface area contributed by atoms with Gasteiger partial charge < -0.3 is 23.8 Å². The molecule has 0 N–H and O–H groups in total. The Bertz CT molecular complexity index is 2050. The fourth-order valence-corrected chi connectivity index (χ4v) is 6.50. The van der Waals surface area contributed by atoms with Crippen molar-refractivity contribution in [3.8, 4) is 46.0 Å². The zero-order valence-electron chi connectivity index (χ0n) is 23.3. The SMILES string of the molecule is Cc1cc2c3c(c1)N(c1ccccc1)c1cc(Oc4ccccc4)cc4c1B3c1c(cc(Oc3ccccc3)cc1O4)O2. The number of para-hydroxylation sites is 3. The van der Waals surface area contributed by atoms with Crippen molar-refractivity contribution in [2.75, 3.05) is 4.90 Å². The van der Waals surface area contributed by atoms with Crippen molar-refractivity contribution in [3.63, 3.8) is 0 Å². The van der Waals surface area contributed by atoms with Gasteiger partial charge in [-0.2, -0.15) is 0 Å². The first-order valence-electron chi connectivity index (χ1n) is 14.4. The monoisotopic (exact) mass is 557 g/mol. The normalized spacial score (nSPS) is 13.0. The molecule has 43 heavy (non-hydrogen) atoms. The Labute approximate surface area is 249 Å². The van der Waals surface area contributed by atoms with Crippen molar-refractivity contribution in [2.24, 2.45) is 0 Å². The minimum Gasteiger partial charge on any atom is -0.458 e. The van der Waals surface area contributed by atoms with Gasteiger partial charge in [-0.15, -0.1) is 0 Å². The third-order valence-corrected chi connectivity index (χ3v) is 8.20. The summed E-state index contributed by atoms with van der Waals surface area (Å²) in [4.78, 5) is 2.30. The van der Waals surface area contributed by atoms with Crippen LogP contribution in [0.3, 0.4) is 0 Å². The van der Waals surface area contributed by atoms with Crippen LogP contribution in [0.15, 0.2) is 127 Å². The molecule has 0 unspecified atom stereocenters. The topological polar surface area (TPSA) is 40.2 Å². The molecule has 9 rings (SSSR count). The predicted molar refractivity (Wildman–Crippen MR) is 170 cm³/mol. The molecule has 0 saturated heterocycles. The smallest absolute Gasteiger partial charge is 0.266 e. The zero-order chi connectivity index (χ0) is 28.5. The maximum atomic E-state index is 6.75. The summed E-state index contributed by atoms with van der Waals surface area (Å²) in [5, 5.41) is 0. The van der Waals surface area contributed by atoms with E-state index in [1.165, 1.54) is 0 Å². The number of hydrogen-bond acceptors (Lipinski definition) is 5. The molecule has 0 spiro atoms. The van der Waals surface area contributed by atoms with Gasteiger partial charge in [0.1, 0.15) is 46.0 Å². The number of benzene rings is 6. The summed E-state index contributed by atoms with van der Waals surface area (Å²) in [6.07, 6.45) is 0. The van der Waals surface area contributed by atoms with Crippen molar-refractivity contribution in [3.05, 3.63) is 133 Å². The lowest BCUT2D eigenvalue weighted by Crippen LogP contribution is -2.61. The van der Waals surface area contributed by atoms with E-state index in [1.54, 1.807) is 0 Å². The van der Waals surface area contributed by atoms with E-state index < -0.39 is 0 Å². The summed E-state index contributed by atoms with van der Waals surface area (Å²) >= 11 is 0. The maximum Gasteiger partial charge on any atom is 0.266 e. The van der Waals surface area contributed by atoms with E-state index in [1.807, 2.05) is 84.9 Å². The lowest BCUT2D eigenvalue weighted by atomic mass is 9.33. The Morgan fingerprint density at radius 3 is 1.53 bits per heavy atom. The lowest BCUT2D eigenvalue weighted by molar-refractivity contribution is 0.439. The fraction of sp³-hybridized carbons (Fsp3) is 0.0270. The molecule has 0 aromatic heterocycles. The molecule has 0 radical (unpaired) electrons. The number of rotatable bonds is 5. The molecule has 3 aliphatic rings.